The molecule has 0 unspecified atom stereocenters. The van der Waals surface area contributed by atoms with Crippen LogP contribution in [0, 0.1) is 0 Å². The highest BCUT2D eigenvalue weighted by atomic mass is 35.5. The van der Waals surface area contributed by atoms with Crippen LogP contribution in [0.4, 0.5) is 5.69 Å². The first-order valence-electron chi connectivity index (χ1n) is 4.67. The molecular weight excluding hydrogens is 250 g/mol. The quantitative estimate of drug-likeness (QED) is 0.801. The fraction of sp³-hybridized carbons (Fsp3) is 0.222. The lowest BCUT2D eigenvalue weighted by atomic mass is 10.3. The fourth-order valence-electron chi connectivity index (χ4n) is 1.44. The molecule has 1 aromatic carbocycles. The molecule has 1 aromatic rings. The molecule has 0 aliphatic carbocycles. The number of benzene rings is 1. The zero-order valence-electron chi connectivity index (χ0n) is 8.49. The third-order valence-electron chi connectivity index (χ3n) is 2.04. The minimum absolute atomic E-state index is 0.0618. The Labute approximate surface area is 98.6 Å². The Balaban J connectivity index is 2.61. The third kappa shape index (κ3) is 1.85. The SMILES string of the molecule is CCN=C1Nc2cccc(Cl)c2S(=O)(=O)N1. The lowest BCUT2D eigenvalue weighted by Gasteiger charge is -2.21. The van der Waals surface area contributed by atoms with Crippen molar-refractivity contribution in [2.45, 2.75) is 11.8 Å². The molecule has 0 spiro atoms. The molecule has 16 heavy (non-hydrogen) atoms. The van der Waals surface area contributed by atoms with Crippen molar-refractivity contribution < 1.29 is 8.42 Å². The van der Waals surface area contributed by atoms with E-state index in [0.717, 1.165) is 0 Å². The van der Waals surface area contributed by atoms with Crippen LogP contribution in [0.2, 0.25) is 5.02 Å². The van der Waals surface area contributed by atoms with Gasteiger partial charge in [-0.15, -0.1) is 0 Å². The van der Waals surface area contributed by atoms with Gasteiger partial charge in [0.15, 0.2) is 0 Å². The molecule has 1 heterocycles. The van der Waals surface area contributed by atoms with Gasteiger partial charge in [-0.2, -0.15) is 0 Å². The van der Waals surface area contributed by atoms with Crippen molar-refractivity contribution >= 4 is 33.3 Å². The second kappa shape index (κ2) is 3.95. The number of guanidine groups is 1. The number of aliphatic imine (C=N–C) groups is 1. The van der Waals surface area contributed by atoms with E-state index < -0.39 is 10.0 Å². The Morgan fingerprint density at radius 3 is 2.88 bits per heavy atom. The first-order chi connectivity index (χ1) is 7.54. The van der Waals surface area contributed by atoms with Crippen LogP contribution in [0.25, 0.3) is 0 Å². The lowest BCUT2D eigenvalue weighted by molar-refractivity contribution is 0.592. The van der Waals surface area contributed by atoms with Crippen LogP contribution in [-0.2, 0) is 10.0 Å². The maximum atomic E-state index is 11.9. The summed E-state index contributed by atoms with van der Waals surface area (Å²) in [7, 11) is -3.62. The molecule has 0 saturated carbocycles. The van der Waals surface area contributed by atoms with Gasteiger partial charge in [0, 0.05) is 6.54 Å². The Kier molecular flexibility index (Phi) is 2.77. The number of sulfonamides is 1. The normalized spacial score (nSPS) is 19.8. The maximum absolute atomic E-state index is 11.9. The molecule has 0 bridgehead atoms. The topological polar surface area (TPSA) is 70.6 Å². The van der Waals surface area contributed by atoms with Gasteiger partial charge < -0.3 is 5.32 Å². The summed E-state index contributed by atoms with van der Waals surface area (Å²) in [5.41, 5.74) is 0.443. The van der Waals surface area contributed by atoms with Crippen LogP contribution < -0.4 is 10.0 Å². The highest BCUT2D eigenvalue weighted by Gasteiger charge is 2.28. The van der Waals surface area contributed by atoms with Crippen molar-refractivity contribution in [3.63, 3.8) is 0 Å². The number of anilines is 1. The van der Waals surface area contributed by atoms with Gasteiger partial charge in [0.2, 0.25) is 5.96 Å². The minimum atomic E-state index is -3.62. The molecule has 86 valence electrons. The Bertz CT molecular complexity index is 554. The first-order valence-corrected chi connectivity index (χ1v) is 6.53. The monoisotopic (exact) mass is 259 g/mol. The molecule has 0 amide bonds. The Morgan fingerprint density at radius 2 is 2.19 bits per heavy atom. The van der Waals surface area contributed by atoms with Crippen LogP contribution in [0.1, 0.15) is 6.92 Å². The third-order valence-corrected chi connectivity index (χ3v) is 3.90. The number of fused-ring (bicyclic) bond motifs is 1. The van der Waals surface area contributed by atoms with E-state index in [4.69, 9.17) is 11.6 Å². The molecular formula is C9H10ClN3O2S. The molecule has 7 heteroatoms. The predicted molar refractivity (Wildman–Crippen MR) is 63.4 cm³/mol. The van der Waals surface area contributed by atoms with Crippen molar-refractivity contribution in [3.8, 4) is 0 Å². The average Bonchev–Trinajstić information content (AvgIpc) is 2.15. The summed E-state index contributed by atoms with van der Waals surface area (Å²) in [6.45, 7) is 2.30. The van der Waals surface area contributed by atoms with Crippen LogP contribution in [0.3, 0.4) is 0 Å². The van der Waals surface area contributed by atoms with Crippen LogP contribution in [0.15, 0.2) is 28.1 Å². The van der Waals surface area contributed by atoms with Gasteiger partial charge in [-0.05, 0) is 19.1 Å². The van der Waals surface area contributed by atoms with E-state index in [1.54, 1.807) is 12.1 Å². The number of nitrogens with zero attached hydrogens (tertiary/aromatic N) is 1. The Hall–Kier alpha value is -1.27. The van der Waals surface area contributed by atoms with Gasteiger partial charge in [0.25, 0.3) is 10.0 Å². The maximum Gasteiger partial charge on any atom is 0.267 e. The van der Waals surface area contributed by atoms with Crippen molar-refractivity contribution in [1.29, 1.82) is 0 Å². The van der Waals surface area contributed by atoms with E-state index in [9.17, 15) is 8.42 Å². The van der Waals surface area contributed by atoms with Gasteiger partial charge in [-0.1, -0.05) is 17.7 Å². The zero-order chi connectivity index (χ0) is 11.8. The molecule has 2 rings (SSSR count). The van der Waals surface area contributed by atoms with E-state index in [0.29, 0.717) is 12.2 Å². The zero-order valence-corrected chi connectivity index (χ0v) is 10.1. The summed E-state index contributed by atoms with van der Waals surface area (Å²) in [5, 5.41) is 3.06. The summed E-state index contributed by atoms with van der Waals surface area (Å²) in [6.07, 6.45) is 0. The van der Waals surface area contributed by atoms with Crippen LogP contribution in [-0.4, -0.2) is 20.9 Å². The summed E-state index contributed by atoms with van der Waals surface area (Å²) in [5.74, 6) is 0.220. The predicted octanol–water partition coefficient (Wildman–Crippen LogP) is 1.42. The number of hydrogen-bond donors (Lipinski definition) is 2. The summed E-state index contributed by atoms with van der Waals surface area (Å²) in [4.78, 5) is 4.04. The van der Waals surface area contributed by atoms with E-state index in [1.807, 2.05) is 6.92 Å². The second-order valence-corrected chi connectivity index (χ2v) is 5.20. The number of rotatable bonds is 1. The van der Waals surface area contributed by atoms with Gasteiger partial charge in [0.1, 0.15) is 4.90 Å². The highest BCUT2D eigenvalue weighted by molar-refractivity contribution is 7.90. The molecule has 0 saturated heterocycles. The van der Waals surface area contributed by atoms with E-state index >= 15 is 0 Å². The number of nitrogens with one attached hydrogen (secondary N) is 2. The first kappa shape index (κ1) is 11.2. The van der Waals surface area contributed by atoms with Crippen molar-refractivity contribution in [2.24, 2.45) is 4.99 Å². The largest absolute Gasteiger partial charge is 0.324 e. The standard InChI is InChI=1S/C9H10ClN3O2S/c1-2-11-9-12-7-5-3-4-6(10)8(7)16(14,15)13-9/h3-5H,2H2,1H3,(H2,11,12,13). The summed E-state index contributed by atoms with van der Waals surface area (Å²) in [6, 6.07) is 4.85. The Morgan fingerprint density at radius 1 is 1.44 bits per heavy atom. The van der Waals surface area contributed by atoms with Crippen LogP contribution >= 0.6 is 11.6 Å². The van der Waals surface area contributed by atoms with Gasteiger partial charge in [-0.25, -0.2) is 13.1 Å². The van der Waals surface area contributed by atoms with Gasteiger partial charge in [-0.3, -0.25) is 4.99 Å². The molecule has 1 aliphatic rings. The second-order valence-electron chi connectivity index (χ2n) is 3.17. The summed E-state index contributed by atoms with van der Waals surface area (Å²) >= 11 is 5.85. The van der Waals surface area contributed by atoms with Gasteiger partial charge >= 0.3 is 0 Å². The van der Waals surface area contributed by atoms with Crippen molar-refractivity contribution in [2.75, 3.05) is 11.9 Å². The minimum Gasteiger partial charge on any atom is -0.324 e. The number of hydrogen-bond acceptors (Lipinski definition) is 3. The van der Waals surface area contributed by atoms with Crippen molar-refractivity contribution in [1.82, 2.24) is 4.72 Å². The fourth-order valence-corrected chi connectivity index (χ4v) is 3.13. The smallest absolute Gasteiger partial charge is 0.267 e. The van der Waals surface area contributed by atoms with E-state index in [-0.39, 0.29) is 15.9 Å². The molecule has 0 atom stereocenters. The molecule has 2 N–H and O–H groups in total. The molecule has 0 radical (unpaired) electrons. The molecule has 0 fully saturated rings. The molecule has 0 aromatic heterocycles. The van der Waals surface area contributed by atoms with Crippen LogP contribution in [0.5, 0.6) is 0 Å². The van der Waals surface area contributed by atoms with E-state index in [1.165, 1.54) is 6.07 Å². The van der Waals surface area contributed by atoms with Crippen molar-refractivity contribution in [3.05, 3.63) is 23.2 Å². The molecule has 1 aliphatic heterocycles. The average molecular weight is 260 g/mol. The lowest BCUT2D eigenvalue weighted by Crippen LogP contribution is -2.40. The van der Waals surface area contributed by atoms with E-state index in [2.05, 4.69) is 15.0 Å². The van der Waals surface area contributed by atoms with Gasteiger partial charge in [0.05, 0.1) is 10.7 Å². The number of halogens is 1. The molecule has 5 nitrogen and oxygen atoms in total. The highest BCUT2D eigenvalue weighted by Crippen LogP contribution is 2.31. The summed E-state index contributed by atoms with van der Waals surface area (Å²) < 4.78 is 26.0.